The first-order valence-electron chi connectivity index (χ1n) is 6.36. The molecule has 0 fully saturated rings. The third-order valence-corrected chi connectivity index (χ3v) is 4.26. The van der Waals surface area contributed by atoms with Gasteiger partial charge in [0.15, 0.2) is 0 Å². The summed E-state index contributed by atoms with van der Waals surface area (Å²) in [6.45, 7) is 0. The van der Waals surface area contributed by atoms with Crippen molar-refractivity contribution in [3.63, 3.8) is 0 Å². The first-order valence-corrected chi connectivity index (χ1v) is 7.84. The first-order chi connectivity index (χ1) is 10.5. The van der Waals surface area contributed by atoms with Gasteiger partial charge in [0, 0.05) is 19.3 Å². The number of rotatable bonds is 6. The van der Waals surface area contributed by atoms with Crippen LogP contribution in [0.5, 0.6) is 11.5 Å². The largest absolute Gasteiger partial charge is 0.497 e. The number of methoxy groups -OCH3 is 2. The minimum atomic E-state index is -3.86. The molecule has 0 bridgehead atoms. The average Bonchev–Trinajstić information content (AvgIpc) is 2.92. The van der Waals surface area contributed by atoms with Crippen LogP contribution in [0.1, 0.15) is 5.69 Å². The van der Waals surface area contributed by atoms with Gasteiger partial charge in [-0.05, 0) is 24.3 Å². The van der Waals surface area contributed by atoms with Crippen LogP contribution in [0.25, 0.3) is 0 Å². The van der Waals surface area contributed by atoms with Crippen molar-refractivity contribution in [2.45, 2.75) is 4.90 Å². The summed E-state index contributed by atoms with van der Waals surface area (Å²) in [7, 11) is 0.825. The van der Waals surface area contributed by atoms with Crippen molar-refractivity contribution >= 4 is 16.2 Å². The van der Waals surface area contributed by atoms with Gasteiger partial charge in [-0.2, -0.15) is 18.4 Å². The molecule has 0 unspecified atom stereocenters. The van der Waals surface area contributed by atoms with Gasteiger partial charge in [0.25, 0.3) is 10.0 Å². The smallest absolute Gasteiger partial charge is 0.280 e. The molecular weight excluding hydrogens is 306 g/mol. The van der Waals surface area contributed by atoms with Gasteiger partial charge in [-0.25, -0.2) is 0 Å². The van der Waals surface area contributed by atoms with Gasteiger partial charge in [-0.1, -0.05) is 0 Å². The summed E-state index contributed by atoms with van der Waals surface area (Å²) in [5.41, 5.74) is 0.764. The molecule has 7 nitrogen and oxygen atoms in total. The van der Waals surface area contributed by atoms with E-state index in [2.05, 4.69) is 9.93 Å². The molecule has 0 aliphatic rings. The quantitative estimate of drug-likeness (QED) is 0.643. The molecule has 22 heavy (non-hydrogen) atoms. The molecule has 0 atom stereocenters. The molecule has 1 aromatic heterocycles. The summed E-state index contributed by atoms with van der Waals surface area (Å²) >= 11 is 0. The zero-order chi connectivity index (χ0) is 16.2. The van der Waals surface area contributed by atoms with Gasteiger partial charge >= 0.3 is 0 Å². The van der Waals surface area contributed by atoms with E-state index in [0.29, 0.717) is 5.75 Å². The highest BCUT2D eigenvalue weighted by Crippen LogP contribution is 2.27. The molecule has 2 rings (SSSR count). The Morgan fingerprint density at radius 3 is 2.59 bits per heavy atom. The van der Waals surface area contributed by atoms with Gasteiger partial charge in [-0.15, -0.1) is 0 Å². The molecule has 0 saturated carbocycles. The zero-order valence-corrected chi connectivity index (χ0v) is 13.3. The molecule has 118 valence electrons. The second-order valence-corrected chi connectivity index (χ2v) is 6.04. The number of benzene rings is 1. The summed E-state index contributed by atoms with van der Waals surface area (Å²) < 4.78 is 36.6. The molecule has 1 aromatic carbocycles. The lowest BCUT2D eigenvalue weighted by Crippen LogP contribution is -2.19. The van der Waals surface area contributed by atoms with Crippen LogP contribution in [0, 0.1) is 0 Å². The number of hydrogen-bond donors (Lipinski definition) is 1. The number of hydrogen-bond acceptors (Lipinski definition) is 5. The Morgan fingerprint density at radius 2 is 2.00 bits per heavy atom. The van der Waals surface area contributed by atoms with Crippen LogP contribution >= 0.6 is 0 Å². The van der Waals surface area contributed by atoms with Crippen LogP contribution in [-0.2, 0) is 17.1 Å². The third-order valence-electron chi connectivity index (χ3n) is 3.01. The van der Waals surface area contributed by atoms with Crippen molar-refractivity contribution in [3.8, 4) is 11.5 Å². The van der Waals surface area contributed by atoms with E-state index in [1.807, 2.05) is 29.9 Å². The molecule has 0 spiro atoms. The second kappa shape index (κ2) is 6.52. The van der Waals surface area contributed by atoms with Crippen molar-refractivity contribution < 1.29 is 17.9 Å². The Bertz CT molecular complexity index is 781. The summed E-state index contributed by atoms with van der Waals surface area (Å²) in [6.07, 6.45) is 3.26. The maximum atomic E-state index is 12.3. The number of nitrogens with zero attached hydrogens (tertiary/aromatic N) is 2. The SMILES string of the molecule is COc1ccc(OC)c(S(=O)(=O)N/N=C/c2cccn2C)c1. The lowest BCUT2D eigenvalue weighted by molar-refractivity contribution is 0.392. The fourth-order valence-electron chi connectivity index (χ4n) is 1.81. The van der Waals surface area contributed by atoms with Gasteiger partial charge < -0.3 is 14.0 Å². The van der Waals surface area contributed by atoms with E-state index in [1.54, 1.807) is 6.07 Å². The molecule has 0 radical (unpaired) electrons. The number of nitrogens with one attached hydrogen (secondary N) is 1. The van der Waals surface area contributed by atoms with E-state index in [9.17, 15) is 8.42 Å². The Morgan fingerprint density at radius 1 is 1.23 bits per heavy atom. The van der Waals surface area contributed by atoms with Crippen LogP contribution in [-0.4, -0.2) is 33.4 Å². The van der Waals surface area contributed by atoms with Crippen molar-refractivity contribution in [2.75, 3.05) is 14.2 Å². The third kappa shape index (κ3) is 3.40. The first kappa shape index (κ1) is 15.9. The molecule has 2 aromatic rings. The minimum Gasteiger partial charge on any atom is -0.497 e. The highest BCUT2D eigenvalue weighted by Gasteiger charge is 2.19. The zero-order valence-electron chi connectivity index (χ0n) is 12.5. The van der Waals surface area contributed by atoms with Gasteiger partial charge in [-0.3, -0.25) is 0 Å². The molecule has 8 heteroatoms. The molecule has 0 aliphatic heterocycles. The second-order valence-electron chi connectivity index (χ2n) is 4.41. The Kier molecular flexibility index (Phi) is 4.71. The number of hydrazone groups is 1. The van der Waals surface area contributed by atoms with Crippen LogP contribution in [0.15, 0.2) is 46.5 Å². The predicted octanol–water partition coefficient (Wildman–Crippen LogP) is 1.35. The van der Waals surface area contributed by atoms with Crippen LogP contribution in [0.3, 0.4) is 0 Å². The van der Waals surface area contributed by atoms with Crippen LogP contribution < -0.4 is 14.3 Å². The van der Waals surface area contributed by atoms with E-state index < -0.39 is 10.0 Å². The summed E-state index contributed by atoms with van der Waals surface area (Å²) in [6, 6.07) is 8.16. The molecular formula is C14H17N3O4S. The fraction of sp³-hybridized carbons (Fsp3) is 0.214. The molecule has 1 N–H and O–H groups in total. The van der Waals surface area contributed by atoms with Crippen molar-refractivity contribution in [2.24, 2.45) is 12.1 Å². The minimum absolute atomic E-state index is 0.0432. The monoisotopic (exact) mass is 323 g/mol. The summed E-state index contributed by atoms with van der Waals surface area (Å²) in [4.78, 5) is 2.12. The summed E-state index contributed by atoms with van der Waals surface area (Å²) in [5, 5.41) is 3.77. The number of aryl methyl sites for hydroxylation is 1. The number of sulfonamides is 1. The molecule has 1 heterocycles. The fourth-order valence-corrected chi connectivity index (χ4v) is 2.79. The van der Waals surface area contributed by atoms with Crippen LogP contribution in [0.4, 0.5) is 0 Å². The highest BCUT2D eigenvalue weighted by molar-refractivity contribution is 7.89. The normalized spacial score (nSPS) is 11.6. The molecule has 0 aliphatic carbocycles. The van der Waals surface area contributed by atoms with Crippen molar-refractivity contribution in [3.05, 3.63) is 42.2 Å². The standard InChI is InChI=1S/C14H17N3O4S/c1-17-8-4-5-11(17)10-15-16-22(18,19)14-9-12(20-2)6-7-13(14)21-3/h4-10,16H,1-3H3/b15-10+. The van der Waals surface area contributed by atoms with E-state index in [0.717, 1.165) is 5.69 Å². The molecule has 0 amide bonds. The van der Waals surface area contributed by atoms with Gasteiger partial charge in [0.05, 0.1) is 26.1 Å². The lowest BCUT2D eigenvalue weighted by atomic mass is 10.3. The van der Waals surface area contributed by atoms with Crippen LogP contribution in [0.2, 0.25) is 0 Å². The van der Waals surface area contributed by atoms with E-state index in [-0.39, 0.29) is 10.6 Å². The highest BCUT2D eigenvalue weighted by atomic mass is 32.2. The van der Waals surface area contributed by atoms with Gasteiger partial charge in [0.2, 0.25) is 0 Å². The Labute approximate surface area is 129 Å². The topological polar surface area (TPSA) is 81.9 Å². The predicted molar refractivity (Wildman–Crippen MR) is 82.9 cm³/mol. The van der Waals surface area contributed by atoms with E-state index >= 15 is 0 Å². The van der Waals surface area contributed by atoms with Crippen molar-refractivity contribution in [1.29, 1.82) is 0 Å². The maximum Gasteiger partial charge on any atom is 0.280 e. The number of ether oxygens (including phenoxy) is 2. The number of aromatic nitrogens is 1. The Hall–Kier alpha value is -2.48. The lowest BCUT2D eigenvalue weighted by Gasteiger charge is -2.10. The average molecular weight is 323 g/mol. The van der Waals surface area contributed by atoms with Gasteiger partial charge in [0.1, 0.15) is 16.4 Å². The van der Waals surface area contributed by atoms with Crippen molar-refractivity contribution in [1.82, 2.24) is 9.40 Å². The maximum absolute atomic E-state index is 12.3. The van der Waals surface area contributed by atoms with E-state index in [1.165, 1.54) is 32.6 Å². The van der Waals surface area contributed by atoms with E-state index in [4.69, 9.17) is 9.47 Å². The Balaban J connectivity index is 2.27. The summed E-state index contributed by atoms with van der Waals surface area (Å²) in [5.74, 6) is 0.620. The molecule has 0 saturated heterocycles.